The highest BCUT2D eigenvalue weighted by molar-refractivity contribution is 5.68. The van der Waals surface area contributed by atoms with Gasteiger partial charge in [0.2, 0.25) is 0 Å². The maximum absolute atomic E-state index is 15.0. The van der Waals surface area contributed by atoms with E-state index in [0.717, 1.165) is 59.8 Å². The van der Waals surface area contributed by atoms with Crippen LogP contribution in [0.5, 0.6) is 0 Å². The number of nitrogens with zero attached hydrogens (tertiary/aromatic N) is 3. The molecule has 1 fully saturated rings. The molecule has 0 saturated carbocycles. The Morgan fingerprint density at radius 1 is 0.946 bits per heavy atom. The smallest absolute Gasteiger partial charge is 0.169 e. The van der Waals surface area contributed by atoms with E-state index in [-0.39, 0.29) is 5.82 Å². The van der Waals surface area contributed by atoms with Gasteiger partial charge in [0.25, 0.3) is 0 Å². The number of aromatic nitrogens is 2. The summed E-state index contributed by atoms with van der Waals surface area (Å²) in [5.74, 6) is 1.10. The van der Waals surface area contributed by atoms with Crippen LogP contribution in [-0.2, 0) is 20.8 Å². The summed E-state index contributed by atoms with van der Waals surface area (Å²) in [6, 6.07) is 14.7. The number of hydrogen-bond donors (Lipinski definition) is 0. The van der Waals surface area contributed by atoms with Crippen LogP contribution in [0, 0.1) is 5.82 Å². The maximum atomic E-state index is 15.0. The first-order valence-electron chi connectivity index (χ1n) is 12.6. The van der Waals surface area contributed by atoms with Crippen LogP contribution in [0.3, 0.4) is 0 Å². The van der Waals surface area contributed by atoms with E-state index < -0.39 is 0 Å². The molecule has 37 heavy (non-hydrogen) atoms. The number of allylic oxidation sites excluding steroid dienone is 4. The van der Waals surface area contributed by atoms with Gasteiger partial charge in [0, 0.05) is 36.3 Å². The summed E-state index contributed by atoms with van der Waals surface area (Å²) in [4.78, 5) is 2.31. The molecular formula is C30H28FN3O3. The second-order valence-corrected chi connectivity index (χ2v) is 9.21. The molecule has 1 aliphatic carbocycles. The van der Waals surface area contributed by atoms with Crippen LogP contribution in [0.4, 0.5) is 4.39 Å². The van der Waals surface area contributed by atoms with Crippen LogP contribution < -0.4 is 0 Å². The second kappa shape index (κ2) is 10.6. The average Bonchev–Trinajstić information content (AvgIpc) is 3.37. The Morgan fingerprint density at radius 3 is 2.54 bits per heavy atom. The van der Waals surface area contributed by atoms with Gasteiger partial charge in [0.1, 0.15) is 18.3 Å². The van der Waals surface area contributed by atoms with Gasteiger partial charge in [-0.15, -0.1) is 0 Å². The number of ether oxygens (including phenoxy) is 3. The minimum absolute atomic E-state index is 0.270. The Hall–Kier alpha value is -3.94. The molecule has 6 nitrogen and oxygen atoms in total. The monoisotopic (exact) mass is 497 g/mol. The first-order chi connectivity index (χ1) is 18.3. The maximum Gasteiger partial charge on any atom is 0.169 e. The van der Waals surface area contributed by atoms with E-state index in [9.17, 15) is 4.39 Å². The third kappa shape index (κ3) is 5.01. The van der Waals surface area contributed by atoms with Gasteiger partial charge in [-0.25, -0.2) is 9.07 Å². The first kappa shape index (κ1) is 23.5. The zero-order chi connectivity index (χ0) is 25.0. The molecule has 1 aromatic heterocycles. The van der Waals surface area contributed by atoms with Gasteiger partial charge in [0.15, 0.2) is 11.5 Å². The van der Waals surface area contributed by atoms with Gasteiger partial charge < -0.3 is 14.2 Å². The lowest BCUT2D eigenvalue weighted by Crippen LogP contribution is -2.35. The molecule has 2 aromatic carbocycles. The van der Waals surface area contributed by atoms with E-state index in [1.165, 1.54) is 6.07 Å². The topological polar surface area (TPSA) is 48.8 Å². The zero-order valence-electron chi connectivity index (χ0n) is 20.5. The lowest BCUT2D eigenvalue weighted by atomic mass is 10.0. The van der Waals surface area contributed by atoms with Crippen LogP contribution in [0.15, 0.2) is 96.8 Å². The standard InChI is InChI=1S/C30H28FN3O3/c31-27-9-5-4-8-26(27)30-24(19-33-14-16-35-17-15-33)18-32-34(30)25-12-10-23(11-13-25)29-21-36-20-28(37-29)22-6-2-1-3-7-22/h1-2,4-6,8-13,18,20-21H,3,7,14-17,19H2. The Bertz CT molecular complexity index is 1400. The van der Waals surface area contributed by atoms with Crippen LogP contribution in [0.25, 0.3) is 22.7 Å². The highest BCUT2D eigenvalue weighted by atomic mass is 19.1. The van der Waals surface area contributed by atoms with Gasteiger partial charge >= 0.3 is 0 Å². The summed E-state index contributed by atoms with van der Waals surface area (Å²) in [5, 5.41) is 4.68. The summed E-state index contributed by atoms with van der Waals surface area (Å²) < 4.78 is 34.0. The van der Waals surface area contributed by atoms with Crippen molar-refractivity contribution in [1.29, 1.82) is 0 Å². The van der Waals surface area contributed by atoms with Crippen LogP contribution in [0.1, 0.15) is 24.0 Å². The Morgan fingerprint density at radius 2 is 1.76 bits per heavy atom. The lowest BCUT2D eigenvalue weighted by molar-refractivity contribution is 0.0342. The molecule has 3 aliphatic rings. The quantitative estimate of drug-likeness (QED) is 0.420. The van der Waals surface area contributed by atoms with Crippen molar-refractivity contribution in [3.8, 4) is 16.9 Å². The van der Waals surface area contributed by atoms with Crippen molar-refractivity contribution >= 4 is 5.76 Å². The number of hydrogen-bond acceptors (Lipinski definition) is 5. The number of rotatable bonds is 6. The zero-order valence-corrected chi connectivity index (χ0v) is 20.5. The third-order valence-electron chi connectivity index (χ3n) is 6.77. The molecule has 0 spiro atoms. The van der Waals surface area contributed by atoms with Gasteiger partial charge in [-0.2, -0.15) is 5.10 Å². The number of halogens is 1. The molecule has 2 aliphatic heterocycles. The SMILES string of the molecule is Fc1ccccc1-c1c(CN2CCOCC2)cnn1-c1ccc(C2=COC=C(C3=CC=CCC3)O2)cc1. The predicted molar refractivity (Wildman–Crippen MR) is 140 cm³/mol. The van der Waals surface area contributed by atoms with Crippen molar-refractivity contribution in [3.63, 3.8) is 0 Å². The van der Waals surface area contributed by atoms with Crippen LogP contribution in [-0.4, -0.2) is 41.0 Å². The normalized spacial score (nSPS) is 17.9. The second-order valence-electron chi connectivity index (χ2n) is 9.21. The van der Waals surface area contributed by atoms with Gasteiger partial charge in [-0.1, -0.05) is 30.4 Å². The molecule has 6 rings (SSSR count). The van der Waals surface area contributed by atoms with Crippen molar-refractivity contribution in [3.05, 3.63) is 114 Å². The highest BCUT2D eigenvalue weighted by Gasteiger charge is 2.21. The minimum atomic E-state index is -0.270. The Balaban J connectivity index is 1.29. The fraction of sp³-hybridized carbons (Fsp3) is 0.233. The van der Waals surface area contributed by atoms with Crippen LogP contribution >= 0.6 is 0 Å². The molecule has 0 radical (unpaired) electrons. The fourth-order valence-electron chi connectivity index (χ4n) is 4.80. The Kier molecular flexibility index (Phi) is 6.71. The predicted octanol–water partition coefficient (Wildman–Crippen LogP) is 5.97. The van der Waals surface area contributed by atoms with E-state index in [1.807, 2.05) is 47.3 Å². The molecule has 0 unspecified atom stereocenters. The molecule has 0 atom stereocenters. The Labute approximate surface area is 215 Å². The first-order valence-corrected chi connectivity index (χ1v) is 12.6. The summed E-state index contributed by atoms with van der Waals surface area (Å²) in [5.41, 5.74) is 5.11. The average molecular weight is 498 g/mol. The van der Waals surface area contributed by atoms with E-state index >= 15 is 0 Å². The highest BCUT2D eigenvalue weighted by Crippen LogP contribution is 2.33. The molecule has 1 saturated heterocycles. The largest absolute Gasteiger partial charge is 0.465 e. The number of morpholine rings is 1. The molecule has 7 heteroatoms. The van der Waals surface area contributed by atoms with E-state index in [2.05, 4.69) is 22.2 Å². The van der Waals surface area contributed by atoms with E-state index in [1.54, 1.807) is 24.7 Å². The van der Waals surface area contributed by atoms with E-state index in [4.69, 9.17) is 14.2 Å². The summed E-state index contributed by atoms with van der Waals surface area (Å²) in [6.07, 6.45) is 13.2. The molecule has 3 heterocycles. The molecule has 3 aromatic rings. The van der Waals surface area contributed by atoms with Crippen molar-refractivity contribution < 1.29 is 18.6 Å². The van der Waals surface area contributed by atoms with Gasteiger partial charge in [0.05, 0.1) is 30.8 Å². The van der Waals surface area contributed by atoms with Gasteiger partial charge in [-0.3, -0.25) is 4.90 Å². The fourth-order valence-corrected chi connectivity index (χ4v) is 4.80. The van der Waals surface area contributed by atoms with Gasteiger partial charge in [-0.05, 0) is 54.8 Å². The van der Waals surface area contributed by atoms with Crippen molar-refractivity contribution in [2.45, 2.75) is 19.4 Å². The third-order valence-corrected chi connectivity index (χ3v) is 6.77. The van der Waals surface area contributed by atoms with Crippen LogP contribution in [0.2, 0.25) is 0 Å². The molecular weight excluding hydrogens is 469 g/mol. The van der Waals surface area contributed by atoms with Crippen molar-refractivity contribution in [1.82, 2.24) is 14.7 Å². The minimum Gasteiger partial charge on any atom is -0.465 e. The van der Waals surface area contributed by atoms with Crippen molar-refractivity contribution in [2.24, 2.45) is 0 Å². The molecule has 188 valence electrons. The summed E-state index contributed by atoms with van der Waals surface area (Å²) in [7, 11) is 0. The lowest BCUT2D eigenvalue weighted by Gasteiger charge is -2.26. The number of benzene rings is 2. The summed E-state index contributed by atoms with van der Waals surface area (Å²) in [6.45, 7) is 3.78. The van der Waals surface area contributed by atoms with E-state index in [0.29, 0.717) is 31.1 Å². The molecule has 0 bridgehead atoms. The van der Waals surface area contributed by atoms with Crippen molar-refractivity contribution in [2.75, 3.05) is 26.3 Å². The molecule has 0 amide bonds. The summed E-state index contributed by atoms with van der Waals surface area (Å²) >= 11 is 0. The molecule has 0 N–H and O–H groups in total.